The number of halogens is 1. The van der Waals surface area contributed by atoms with E-state index in [9.17, 15) is 9.18 Å². The number of ether oxygens (including phenoxy) is 1. The van der Waals surface area contributed by atoms with Gasteiger partial charge in [0.25, 0.3) is 5.56 Å². The lowest BCUT2D eigenvalue weighted by Crippen LogP contribution is -2.42. The highest BCUT2D eigenvalue weighted by Crippen LogP contribution is 2.37. The van der Waals surface area contributed by atoms with Crippen molar-refractivity contribution in [3.8, 4) is 5.75 Å². The third-order valence-corrected chi connectivity index (χ3v) is 5.61. The molecule has 5 heteroatoms. The van der Waals surface area contributed by atoms with Gasteiger partial charge in [-0.15, -0.1) is 0 Å². The Morgan fingerprint density at radius 2 is 1.85 bits per heavy atom. The Hall–Kier alpha value is -2.66. The maximum Gasteiger partial charge on any atom is 0.255 e. The first-order valence-electron chi connectivity index (χ1n) is 9.28. The number of aryl methyl sites for hydroxylation is 1. The van der Waals surface area contributed by atoms with Crippen LogP contribution in [0.25, 0.3) is 10.8 Å². The predicted molar refractivity (Wildman–Crippen MR) is 104 cm³/mol. The molecule has 0 atom stereocenters. The van der Waals surface area contributed by atoms with E-state index < -0.39 is 5.54 Å². The Bertz CT molecular complexity index is 1020. The molecule has 3 N–H and O–H groups in total. The van der Waals surface area contributed by atoms with Crippen LogP contribution in [0.3, 0.4) is 0 Å². The molecule has 0 amide bonds. The number of H-pyrrole nitrogens is 1. The average Bonchev–Trinajstić information content (AvgIpc) is 2.66. The molecule has 1 heterocycles. The quantitative estimate of drug-likeness (QED) is 0.732. The highest BCUT2D eigenvalue weighted by Gasteiger charge is 2.34. The van der Waals surface area contributed by atoms with Crippen molar-refractivity contribution in [3.05, 3.63) is 76.0 Å². The number of aromatic nitrogens is 1. The predicted octanol–water partition coefficient (Wildman–Crippen LogP) is 4.15. The molecule has 1 aliphatic rings. The van der Waals surface area contributed by atoms with Crippen LogP contribution in [-0.2, 0) is 5.54 Å². The Kier molecular flexibility index (Phi) is 4.48. The second-order valence-electron chi connectivity index (χ2n) is 7.49. The minimum Gasteiger partial charge on any atom is -0.490 e. The van der Waals surface area contributed by atoms with Gasteiger partial charge in [-0.1, -0.05) is 12.1 Å². The Morgan fingerprint density at radius 1 is 1.15 bits per heavy atom. The summed E-state index contributed by atoms with van der Waals surface area (Å²) < 4.78 is 19.4. The molecule has 0 spiro atoms. The van der Waals surface area contributed by atoms with E-state index >= 15 is 0 Å². The second-order valence-corrected chi connectivity index (χ2v) is 7.49. The Labute approximate surface area is 157 Å². The lowest BCUT2D eigenvalue weighted by atomic mass is 9.76. The van der Waals surface area contributed by atoms with Crippen molar-refractivity contribution >= 4 is 10.8 Å². The number of rotatable bonds is 3. The van der Waals surface area contributed by atoms with Crippen molar-refractivity contribution in [2.75, 3.05) is 0 Å². The van der Waals surface area contributed by atoms with Gasteiger partial charge in [0.2, 0.25) is 0 Å². The van der Waals surface area contributed by atoms with Gasteiger partial charge < -0.3 is 15.5 Å². The number of hydrogen-bond acceptors (Lipinski definition) is 3. The zero-order valence-electron chi connectivity index (χ0n) is 15.3. The maximum absolute atomic E-state index is 13.2. The van der Waals surface area contributed by atoms with Crippen molar-refractivity contribution in [1.82, 2.24) is 4.98 Å². The molecule has 0 bridgehead atoms. The first-order chi connectivity index (χ1) is 12.9. The van der Waals surface area contributed by atoms with E-state index in [0.717, 1.165) is 47.9 Å². The summed E-state index contributed by atoms with van der Waals surface area (Å²) in [5, 5.41) is 1.54. The summed E-state index contributed by atoms with van der Waals surface area (Å²) in [7, 11) is 0. The fraction of sp³-hybridized carbons (Fsp3) is 0.318. The van der Waals surface area contributed by atoms with Crippen LogP contribution in [-0.4, -0.2) is 11.1 Å². The van der Waals surface area contributed by atoms with Gasteiger partial charge in [0, 0.05) is 17.1 Å². The van der Waals surface area contributed by atoms with E-state index in [-0.39, 0.29) is 17.5 Å². The van der Waals surface area contributed by atoms with E-state index in [1.165, 1.54) is 12.1 Å². The number of fused-ring (bicyclic) bond motifs is 1. The van der Waals surface area contributed by atoms with Gasteiger partial charge in [-0.3, -0.25) is 4.79 Å². The third-order valence-electron chi connectivity index (χ3n) is 5.61. The van der Waals surface area contributed by atoms with E-state index in [4.69, 9.17) is 10.5 Å². The molecule has 3 aromatic rings. The summed E-state index contributed by atoms with van der Waals surface area (Å²) in [4.78, 5) is 14.6. The summed E-state index contributed by atoms with van der Waals surface area (Å²) in [5.74, 6) is 0.564. The fourth-order valence-corrected chi connectivity index (χ4v) is 3.92. The van der Waals surface area contributed by atoms with Gasteiger partial charge >= 0.3 is 0 Å². The van der Waals surface area contributed by atoms with Crippen LogP contribution in [0.2, 0.25) is 0 Å². The Morgan fingerprint density at radius 3 is 2.56 bits per heavy atom. The first kappa shape index (κ1) is 17.7. The number of nitrogens with one attached hydrogen (secondary N) is 1. The minimum atomic E-state index is -0.431. The number of hydrogen-bond donors (Lipinski definition) is 2. The standard InChI is InChI=1S/C22H23FN2O2/c1-14-12-19-15(8-11-25-21(19)26)13-20(14)27-18-6-9-22(24,10-7-18)16-2-4-17(23)5-3-16/h2-5,8,11-13,18H,6-7,9-10,24H2,1H3,(H,25,26)/t18-,22-. The monoisotopic (exact) mass is 366 g/mol. The van der Waals surface area contributed by atoms with Crippen molar-refractivity contribution in [2.24, 2.45) is 5.73 Å². The molecule has 0 radical (unpaired) electrons. The van der Waals surface area contributed by atoms with Crippen molar-refractivity contribution < 1.29 is 9.13 Å². The van der Waals surface area contributed by atoms with Crippen molar-refractivity contribution in [1.29, 1.82) is 0 Å². The maximum atomic E-state index is 13.2. The number of aromatic amines is 1. The molecule has 4 nitrogen and oxygen atoms in total. The molecule has 1 aliphatic carbocycles. The largest absolute Gasteiger partial charge is 0.490 e. The molecule has 1 saturated carbocycles. The van der Waals surface area contributed by atoms with Gasteiger partial charge in [0.05, 0.1) is 6.10 Å². The van der Waals surface area contributed by atoms with Crippen LogP contribution in [0.15, 0.2) is 53.5 Å². The number of benzene rings is 2. The molecular formula is C22H23FN2O2. The summed E-state index contributed by atoms with van der Waals surface area (Å²) in [6, 6.07) is 12.2. The molecule has 1 fully saturated rings. The summed E-state index contributed by atoms with van der Waals surface area (Å²) in [6.45, 7) is 1.95. The normalized spacial score (nSPS) is 22.7. The third kappa shape index (κ3) is 3.47. The van der Waals surface area contributed by atoms with E-state index in [0.29, 0.717) is 5.39 Å². The van der Waals surface area contributed by atoms with Crippen LogP contribution < -0.4 is 16.0 Å². The van der Waals surface area contributed by atoms with E-state index in [1.54, 1.807) is 18.3 Å². The van der Waals surface area contributed by atoms with E-state index in [1.807, 2.05) is 25.1 Å². The average molecular weight is 366 g/mol. The molecule has 2 aromatic carbocycles. The van der Waals surface area contributed by atoms with Gasteiger partial charge in [-0.05, 0) is 79.5 Å². The lowest BCUT2D eigenvalue weighted by molar-refractivity contribution is 0.117. The molecule has 27 heavy (non-hydrogen) atoms. The van der Waals surface area contributed by atoms with Crippen LogP contribution in [0, 0.1) is 12.7 Å². The Balaban J connectivity index is 1.49. The molecular weight excluding hydrogens is 343 g/mol. The van der Waals surface area contributed by atoms with Crippen molar-refractivity contribution in [3.63, 3.8) is 0 Å². The van der Waals surface area contributed by atoms with Crippen LogP contribution in [0.4, 0.5) is 4.39 Å². The molecule has 0 aliphatic heterocycles. The molecule has 1 aromatic heterocycles. The van der Waals surface area contributed by atoms with Crippen LogP contribution >= 0.6 is 0 Å². The van der Waals surface area contributed by atoms with Gasteiger partial charge in [-0.25, -0.2) is 4.39 Å². The van der Waals surface area contributed by atoms with Crippen molar-refractivity contribution in [2.45, 2.75) is 44.2 Å². The topological polar surface area (TPSA) is 68.1 Å². The SMILES string of the molecule is Cc1cc2c(=O)[nH]ccc2cc1O[C@H]1CC[C@@](N)(c2ccc(F)cc2)CC1. The van der Waals surface area contributed by atoms with Crippen LogP contribution in [0.5, 0.6) is 5.75 Å². The number of nitrogens with two attached hydrogens (primary N) is 1. The van der Waals surface area contributed by atoms with Gasteiger partial charge in [0.15, 0.2) is 0 Å². The summed E-state index contributed by atoms with van der Waals surface area (Å²) in [5.41, 5.74) is 7.99. The fourth-order valence-electron chi connectivity index (χ4n) is 3.92. The van der Waals surface area contributed by atoms with E-state index in [2.05, 4.69) is 4.98 Å². The lowest BCUT2D eigenvalue weighted by Gasteiger charge is -2.37. The molecule has 0 unspecified atom stereocenters. The van der Waals surface area contributed by atoms with Gasteiger partial charge in [0.1, 0.15) is 11.6 Å². The minimum absolute atomic E-state index is 0.0836. The molecule has 0 saturated heterocycles. The second kappa shape index (κ2) is 6.82. The van der Waals surface area contributed by atoms with Crippen LogP contribution in [0.1, 0.15) is 36.8 Å². The summed E-state index contributed by atoms with van der Waals surface area (Å²) >= 11 is 0. The number of pyridine rings is 1. The summed E-state index contributed by atoms with van der Waals surface area (Å²) in [6.07, 6.45) is 4.97. The zero-order chi connectivity index (χ0) is 19.0. The highest BCUT2D eigenvalue weighted by molar-refractivity contribution is 5.83. The highest BCUT2D eigenvalue weighted by atomic mass is 19.1. The molecule has 140 valence electrons. The zero-order valence-corrected chi connectivity index (χ0v) is 15.3. The van der Waals surface area contributed by atoms with Gasteiger partial charge in [-0.2, -0.15) is 0 Å². The molecule has 4 rings (SSSR count). The smallest absolute Gasteiger partial charge is 0.255 e. The first-order valence-corrected chi connectivity index (χ1v) is 9.28.